The molecule has 0 aliphatic carbocycles. The van der Waals surface area contributed by atoms with Crippen molar-refractivity contribution in [3.63, 3.8) is 0 Å². The first-order valence-electron chi connectivity index (χ1n) is 7.14. The first-order valence-corrected chi connectivity index (χ1v) is 8.02. The summed E-state index contributed by atoms with van der Waals surface area (Å²) >= 11 is 1.88. The SMILES string of the molecule is CCC1(C)CN(C(C)Cc2cccs2)CCCN1. The highest BCUT2D eigenvalue weighted by Crippen LogP contribution is 2.20. The molecule has 18 heavy (non-hydrogen) atoms. The van der Waals surface area contributed by atoms with Crippen LogP contribution in [-0.2, 0) is 6.42 Å². The fraction of sp³-hybridized carbons (Fsp3) is 0.733. The average molecular weight is 266 g/mol. The topological polar surface area (TPSA) is 15.3 Å². The molecule has 0 saturated carbocycles. The van der Waals surface area contributed by atoms with Gasteiger partial charge in [0.1, 0.15) is 0 Å². The Balaban J connectivity index is 1.97. The van der Waals surface area contributed by atoms with Crippen molar-refractivity contribution in [2.45, 2.75) is 51.6 Å². The van der Waals surface area contributed by atoms with Gasteiger partial charge in [0.05, 0.1) is 0 Å². The third kappa shape index (κ3) is 3.56. The lowest BCUT2D eigenvalue weighted by Gasteiger charge is -2.35. The Bertz CT molecular complexity index is 349. The molecule has 2 rings (SSSR count). The zero-order valence-corrected chi connectivity index (χ0v) is 12.7. The highest BCUT2D eigenvalue weighted by Gasteiger charge is 2.29. The molecule has 2 heterocycles. The molecule has 2 unspecified atom stereocenters. The van der Waals surface area contributed by atoms with E-state index in [-0.39, 0.29) is 0 Å². The van der Waals surface area contributed by atoms with Crippen molar-refractivity contribution in [3.05, 3.63) is 22.4 Å². The van der Waals surface area contributed by atoms with Crippen LogP contribution < -0.4 is 5.32 Å². The van der Waals surface area contributed by atoms with E-state index < -0.39 is 0 Å². The maximum atomic E-state index is 3.71. The molecule has 0 spiro atoms. The monoisotopic (exact) mass is 266 g/mol. The van der Waals surface area contributed by atoms with E-state index in [0.29, 0.717) is 11.6 Å². The van der Waals surface area contributed by atoms with E-state index in [2.05, 4.69) is 48.5 Å². The van der Waals surface area contributed by atoms with Crippen LogP contribution in [0.15, 0.2) is 17.5 Å². The van der Waals surface area contributed by atoms with Gasteiger partial charge in [-0.2, -0.15) is 0 Å². The largest absolute Gasteiger partial charge is 0.310 e. The van der Waals surface area contributed by atoms with E-state index in [1.807, 2.05) is 11.3 Å². The number of hydrogen-bond donors (Lipinski definition) is 1. The second kappa shape index (κ2) is 6.18. The van der Waals surface area contributed by atoms with Crippen LogP contribution in [-0.4, -0.2) is 36.1 Å². The fourth-order valence-corrected chi connectivity index (χ4v) is 3.54. The first kappa shape index (κ1) is 14.0. The molecule has 1 aromatic heterocycles. The number of rotatable bonds is 4. The molecule has 1 aliphatic rings. The standard InChI is InChI=1S/C15H26N2S/c1-4-15(3)12-17(9-6-8-16-15)13(2)11-14-7-5-10-18-14/h5,7,10,13,16H,4,6,8-9,11-12H2,1-3H3. The fourth-order valence-electron chi connectivity index (χ4n) is 2.72. The van der Waals surface area contributed by atoms with Crippen LogP contribution in [0.2, 0.25) is 0 Å². The van der Waals surface area contributed by atoms with Crippen LogP contribution in [0.4, 0.5) is 0 Å². The van der Waals surface area contributed by atoms with Gasteiger partial charge < -0.3 is 5.32 Å². The number of nitrogens with zero attached hydrogens (tertiary/aromatic N) is 1. The van der Waals surface area contributed by atoms with Crippen LogP contribution in [0.5, 0.6) is 0 Å². The molecule has 3 heteroatoms. The van der Waals surface area contributed by atoms with Gasteiger partial charge in [-0.1, -0.05) is 13.0 Å². The minimum absolute atomic E-state index is 0.292. The molecule has 1 saturated heterocycles. The highest BCUT2D eigenvalue weighted by molar-refractivity contribution is 7.09. The summed E-state index contributed by atoms with van der Waals surface area (Å²) in [6.07, 6.45) is 3.66. The van der Waals surface area contributed by atoms with E-state index in [4.69, 9.17) is 0 Å². The smallest absolute Gasteiger partial charge is 0.0277 e. The summed E-state index contributed by atoms with van der Waals surface area (Å²) in [6.45, 7) is 10.6. The summed E-state index contributed by atoms with van der Waals surface area (Å²) in [5, 5.41) is 5.90. The molecule has 1 aromatic rings. The Morgan fingerprint density at radius 2 is 2.39 bits per heavy atom. The van der Waals surface area contributed by atoms with E-state index in [9.17, 15) is 0 Å². The lowest BCUT2D eigenvalue weighted by molar-refractivity contribution is 0.168. The summed E-state index contributed by atoms with van der Waals surface area (Å²) in [4.78, 5) is 4.18. The number of hydrogen-bond acceptors (Lipinski definition) is 3. The van der Waals surface area contributed by atoms with Crippen LogP contribution in [0.1, 0.15) is 38.5 Å². The first-order chi connectivity index (χ1) is 8.63. The number of nitrogens with one attached hydrogen (secondary N) is 1. The molecule has 0 bridgehead atoms. The van der Waals surface area contributed by atoms with Crippen molar-refractivity contribution >= 4 is 11.3 Å². The molecule has 0 amide bonds. The van der Waals surface area contributed by atoms with Crippen molar-refractivity contribution in [2.75, 3.05) is 19.6 Å². The number of thiophene rings is 1. The molecule has 1 aliphatic heterocycles. The van der Waals surface area contributed by atoms with E-state index in [0.717, 1.165) is 6.54 Å². The van der Waals surface area contributed by atoms with Crippen LogP contribution in [0.3, 0.4) is 0 Å². The van der Waals surface area contributed by atoms with Crippen molar-refractivity contribution in [2.24, 2.45) is 0 Å². The zero-order valence-electron chi connectivity index (χ0n) is 11.9. The maximum absolute atomic E-state index is 3.71. The Labute approximate surface area is 115 Å². The van der Waals surface area contributed by atoms with Gasteiger partial charge in [-0.15, -0.1) is 11.3 Å². The highest BCUT2D eigenvalue weighted by atomic mass is 32.1. The Morgan fingerprint density at radius 3 is 3.06 bits per heavy atom. The van der Waals surface area contributed by atoms with E-state index in [1.54, 1.807) is 0 Å². The maximum Gasteiger partial charge on any atom is 0.0277 e. The molecule has 2 nitrogen and oxygen atoms in total. The molecule has 0 radical (unpaired) electrons. The van der Waals surface area contributed by atoms with E-state index in [1.165, 1.54) is 37.2 Å². The second-order valence-corrected chi connectivity index (χ2v) is 6.83. The lowest BCUT2D eigenvalue weighted by atomic mass is 9.97. The summed E-state index contributed by atoms with van der Waals surface area (Å²) in [5.74, 6) is 0. The normalized spacial score (nSPS) is 27.9. The van der Waals surface area contributed by atoms with Gasteiger partial charge in [0.15, 0.2) is 0 Å². The van der Waals surface area contributed by atoms with Crippen molar-refractivity contribution in [1.29, 1.82) is 0 Å². The van der Waals surface area contributed by atoms with Crippen molar-refractivity contribution in [1.82, 2.24) is 10.2 Å². The molecular formula is C15H26N2S. The third-order valence-electron chi connectivity index (χ3n) is 4.21. The van der Waals surface area contributed by atoms with Gasteiger partial charge in [-0.3, -0.25) is 4.90 Å². The molecule has 2 atom stereocenters. The average Bonchev–Trinajstić information content (AvgIpc) is 2.77. The molecular weight excluding hydrogens is 240 g/mol. The lowest BCUT2D eigenvalue weighted by Crippen LogP contribution is -2.50. The summed E-state index contributed by atoms with van der Waals surface area (Å²) in [5.41, 5.74) is 0.292. The summed E-state index contributed by atoms with van der Waals surface area (Å²) < 4.78 is 0. The second-order valence-electron chi connectivity index (χ2n) is 5.80. The Hall–Kier alpha value is -0.380. The Morgan fingerprint density at radius 1 is 1.56 bits per heavy atom. The predicted octanol–water partition coefficient (Wildman–Crippen LogP) is 3.14. The van der Waals surface area contributed by atoms with Crippen molar-refractivity contribution in [3.8, 4) is 0 Å². The minimum atomic E-state index is 0.292. The van der Waals surface area contributed by atoms with E-state index >= 15 is 0 Å². The van der Waals surface area contributed by atoms with Crippen LogP contribution in [0, 0.1) is 0 Å². The molecule has 0 aromatic carbocycles. The molecule has 1 fully saturated rings. The Kier molecular flexibility index (Phi) is 4.82. The quantitative estimate of drug-likeness (QED) is 0.900. The summed E-state index contributed by atoms with van der Waals surface area (Å²) in [6, 6.07) is 5.07. The summed E-state index contributed by atoms with van der Waals surface area (Å²) in [7, 11) is 0. The van der Waals surface area contributed by atoms with Gasteiger partial charge in [-0.25, -0.2) is 0 Å². The zero-order chi connectivity index (χ0) is 13.0. The predicted molar refractivity (Wildman–Crippen MR) is 80.4 cm³/mol. The van der Waals surface area contributed by atoms with Gasteiger partial charge in [0.25, 0.3) is 0 Å². The van der Waals surface area contributed by atoms with Gasteiger partial charge in [0, 0.05) is 23.0 Å². The van der Waals surface area contributed by atoms with Gasteiger partial charge >= 0.3 is 0 Å². The van der Waals surface area contributed by atoms with Gasteiger partial charge in [-0.05, 0) is 57.6 Å². The minimum Gasteiger partial charge on any atom is -0.310 e. The third-order valence-corrected chi connectivity index (χ3v) is 5.11. The van der Waals surface area contributed by atoms with Crippen LogP contribution >= 0.6 is 11.3 Å². The molecule has 102 valence electrons. The molecule has 1 N–H and O–H groups in total. The van der Waals surface area contributed by atoms with Crippen molar-refractivity contribution < 1.29 is 0 Å². The van der Waals surface area contributed by atoms with Crippen LogP contribution in [0.25, 0.3) is 0 Å². The van der Waals surface area contributed by atoms with Gasteiger partial charge in [0.2, 0.25) is 0 Å².